The van der Waals surface area contributed by atoms with Gasteiger partial charge in [0.15, 0.2) is 30.3 Å². The number of fused-ring (bicyclic) bond motifs is 3. The molecule has 0 amide bonds. The van der Waals surface area contributed by atoms with Crippen LogP contribution in [0.3, 0.4) is 0 Å². The average Bonchev–Trinajstić information content (AvgIpc) is 3.64. The van der Waals surface area contributed by atoms with Gasteiger partial charge in [-0.1, -0.05) is 91.0 Å². The predicted molar refractivity (Wildman–Crippen MR) is 189 cm³/mol. The van der Waals surface area contributed by atoms with Crippen LogP contribution in [0, 0.1) is 0 Å². The van der Waals surface area contributed by atoms with Gasteiger partial charge in [0.1, 0.15) is 42.7 Å². The molecule has 0 bridgehead atoms. The lowest BCUT2D eigenvalue weighted by Gasteiger charge is -2.46. The molecule has 6 unspecified atom stereocenters. The highest BCUT2D eigenvalue weighted by atomic mass is 16.9. The molecule has 4 aliphatic rings. The summed E-state index contributed by atoms with van der Waals surface area (Å²) in [5, 5.41) is 0. The van der Waals surface area contributed by atoms with Gasteiger partial charge in [0.25, 0.3) is 0 Å². The molecule has 286 valence electrons. The van der Waals surface area contributed by atoms with Crippen LogP contribution in [0.1, 0.15) is 51.3 Å². The molecule has 10 atom stereocenters. The lowest BCUT2D eigenvalue weighted by atomic mass is 9.97. The highest BCUT2D eigenvalue weighted by molar-refractivity contribution is 5.66. The Hall–Kier alpha value is -3.27. The second-order valence-corrected chi connectivity index (χ2v) is 14.7. The van der Waals surface area contributed by atoms with E-state index in [1.165, 1.54) is 6.92 Å². The summed E-state index contributed by atoms with van der Waals surface area (Å²) in [4.78, 5) is 12.7. The topological polar surface area (TPSA) is 119 Å². The SMILES string of the molecule is CC(=O)OC1C(OCc2ccccc2)[C@H](OCc2ccccc2)C(COCc2ccccc2)O[C@H]1OCC1O[C@@H]2OC(C)(C)OC2C2OC(C)(C)O[C@@H]12. The molecule has 0 spiro atoms. The van der Waals surface area contributed by atoms with Crippen LogP contribution in [-0.4, -0.2) is 92.2 Å². The van der Waals surface area contributed by atoms with Gasteiger partial charge in [-0.3, -0.25) is 4.79 Å². The lowest BCUT2D eigenvalue weighted by Crippen LogP contribution is -2.63. The zero-order valence-corrected chi connectivity index (χ0v) is 30.9. The maximum absolute atomic E-state index is 12.7. The van der Waals surface area contributed by atoms with E-state index in [4.69, 9.17) is 52.1 Å². The van der Waals surface area contributed by atoms with Crippen LogP contribution < -0.4 is 0 Å². The molecule has 0 aliphatic carbocycles. The second-order valence-electron chi connectivity index (χ2n) is 14.7. The number of carbonyl (C=O) groups is 1. The van der Waals surface area contributed by atoms with Crippen molar-refractivity contribution in [2.75, 3.05) is 13.2 Å². The van der Waals surface area contributed by atoms with Crippen LogP contribution in [0.5, 0.6) is 0 Å². The number of esters is 1. The molecule has 53 heavy (non-hydrogen) atoms. The fourth-order valence-electron chi connectivity index (χ4n) is 7.27. The molecule has 3 aromatic carbocycles. The third kappa shape index (κ3) is 9.52. The Balaban J connectivity index is 1.16. The zero-order chi connectivity index (χ0) is 37.0. The smallest absolute Gasteiger partial charge is 0.303 e. The Kier molecular flexibility index (Phi) is 11.9. The van der Waals surface area contributed by atoms with E-state index in [2.05, 4.69) is 0 Å². The molecule has 4 aliphatic heterocycles. The Morgan fingerprint density at radius 1 is 0.566 bits per heavy atom. The highest BCUT2D eigenvalue weighted by Gasteiger charge is 2.61. The van der Waals surface area contributed by atoms with Gasteiger partial charge < -0.3 is 52.1 Å². The molecule has 3 aromatic rings. The van der Waals surface area contributed by atoms with E-state index in [0.29, 0.717) is 6.61 Å². The van der Waals surface area contributed by atoms with Gasteiger partial charge >= 0.3 is 5.97 Å². The summed E-state index contributed by atoms with van der Waals surface area (Å²) in [6.45, 7) is 9.71. The molecule has 4 heterocycles. The van der Waals surface area contributed by atoms with Crippen molar-refractivity contribution in [1.82, 2.24) is 0 Å². The number of carbonyl (C=O) groups excluding carboxylic acids is 1. The van der Waals surface area contributed by atoms with E-state index in [-0.39, 0.29) is 26.4 Å². The maximum Gasteiger partial charge on any atom is 0.303 e. The van der Waals surface area contributed by atoms with Gasteiger partial charge in [0.05, 0.1) is 33.0 Å². The van der Waals surface area contributed by atoms with Crippen LogP contribution in [0.2, 0.25) is 0 Å². The lowest BCUT2D eigenvalue weighted by molar-refractivity contribution is -0.330. The van der Waals surface area contributed by atoms with Crippen molar-refractivity contribution in [2.24, 2.45) is 0 Å². The predicted octanol–water partition coefficient (Wildman–Crippen LogP) is 5.44. The molecular weight excluding hydrogens is 684 g/mol. The minimum absolute atomic E-state index is 0.00537. The molecule has 4 saturated heterocycles. The van der Waals surface area contributed by atoms with E-state index >= 15 is 0 Å². The van der Waals surface area contributed by atoms with Crippen molar-refractivity contribution < 1.29 is 56.9 Å². The monoisotopic (exact) mass is 734 g/mol. The first-order valence-electron chi connectivity index (χ1n) is 18.3. The number of benzene rings is 3. The fourth-order valence-corrected chi connectivity index (χ4v) is 7.27. The molecule has 4 fully saturated rings. The molecule has 0 saturated carbocycles. The van der Waals surface area contributed by atoms with Crippen molar-refractivity contribution in [1.29, 1.82) is 0 Å². The second kappa shape index (κ2) is 16.6. The van der Waals surface area contributed by atoms with Crippen molar-refractivity contribution in [3.05, 3.63) is 108 Å². The summed E-state index contributed by atoms with van der Waals surface area (Å²) in [5.74, 6) is -2.28. The summed E-state index contributed by atoms with van der Waals surface area (Å²) in [7, 11) is 0. The molecule has 7 rings (SSSR count). The molecule has 0 aromatic heterocycles. The molecule has 12 heteroatoms. The zero-order valence-electron chi connectivity index (χ0n) is 30.9. The summed E-state index contributed by atoms with van der Waals surface area (Å²) in [6.07, 6.45) is -7.13. The largest absolute Gasteiger partial charge is 0.454 e. The summed E-state index contributed by atoms with van der Waals surface area (Å²) in [6, 6.07) is 29.5. The third-order valence-corrected chi connectivity index (χ3v) is 9.53. The molecular formula is C41H50O12. The van der Waals surface area contributed by atoms with Gasteiger partial charge in [-0.25, -0.2) is 0 Å². The number of hydrogen-bond donors (Lipinski definition) is 0. The van der Waals surface area contributed by atoms with E-state index in [1.807, 2.05) is 119 Å². The third-order valence-electron chi connectivity index (χ3n) is 9.53. The number of ether oxygens (including phenoxy) is 11. The van der Waals surface area contributed by atoms with E-state index in [0.717, 1.165) is 16.7 Å². The first-order valence-corrected chi connectivity index (χ1v) is 18.3. The van der Waals surface area contributed by atoms with Crippen LogP contribution in [0.4, 0.5) is 0 Å². The summed E-state index contributed by atoms with van der Waals surface area (Å²) in [5.41, 5.74) is 2.92. The van der Waals surface area contributed by atoms with Crippen molar-refractivity contribution >= 4 is 5.97 Å². The van der Waals surface area contributed by atoms with Crippen LogP contribution >= 0.6 is 0 Å². The maximum atomic E-state index is 12.7. The Bertz CT molecular complexity index is 1600. The molecule has 0 N–H and O–H groups in total. The van der Waals surface area contributed by atoms with Gasteiger partial charge in [-0.05, 0) is 44.4 Å². The standard InChI is InChI=1S/C41H50O12/c1-26(42)47-36-34(45-23-29-19-13-8-14-20-29)32(44-22-28-17-11-7-12-18-28)30(24-43-21-27-15-9-6-10-16-27)48-38(36)46-25-31-33-35(51-40(2,3)50-33)37-39(49-31)53-41(4,5)52-37/h6-20,30-39H,21-25H2,1-5H3/t30?,31?,32-,33+,34?,35?,36?,37?,38-,39-/m1/s1. The van der Waals surface area contributed by atoms with Gasteiger partial charge in [0.2, 0.25) is 0 Å². The first kappa shape index (κ1) is 38.0. The number of hydrogen-bond acceptors (Lipinski definition) is 12. The van der Waals surface area contributed by atoms with E-state index in [1.54, 1.807) is 0 Å². The summed E-state index contributed by atoms with van der Waals surface area (Å²) < 4.78 is 70.1. The molecule has 0 radical (unpaired) electrons. The quantitative estimate of drug-likeness (QED) is 0.196. The van der Waals surface area contributed by atoms with E-state index in [9.17, 15) is 4.79 Å². The Morgan fingerprint density at radius 2 is 1.09 bits per heavy atom. The Labute approximate surface area is 310 Å². The van der Waals surface area contributed by atoms with Gasteiger partial charge in [0, 0.05) is 6.92 Å². The Morgan fingerprint density at radius 3 is 1.70 bits per heavy atom. The van der Waals surface area contributed by atoms with Crippen molar-refractivity contribution in [3.8, 4) is 0 Å². The first-order chi connectivity index (χ1) is 25.5. The normalized spacial score (nSPS) is 32.8. The van der Waals surface area contributed by atoms with Gasteiger partial charge in [-0.15, -0.1) is 0 Å². The highest BCUT2D eigenvalue weighted by Crippen LogP contribution is 2.44. The van der Waals surface area contributed by atoms with Gasteiger partial charge in [-0.2, -0.15) is 0 Å². The van der Waals surface area contributed by atoms with Crippen molar-refractivity contribution in [2.45, 2.75) is 127 Å². The molecule has 12 nitrogen and oxygen atoms in total. The number of rotatable bonds is 14. The van der Waals surface area contributed by atoms with Crippen LogP contribution in [-0.2, 0) is 76.7 Å². The minimum Gasteiger partial charge on any atom is -0.454 e. The van der Waals surface area contributed by atoms with Crippen LogP contribution in [0.15, 0.2) is 91.0 Å². The summed E-state index contributed by atoms with van der Waals surface area (Å²) >= 11 is 0. The average molecular weight is 735 g/mol. The fraction of sp³-hybridized carbons (Fsp3) is 0.537. The minimum atomic E-state index is -1.09. The van der Waals surface area contributed by atoms with E-state index < -0.39 is 79.0 Å². The van der Waals surface area contributed by atoms with Crippen LogP contribution in [0.25, 0.3) is 0 Å². The van der Waals surface area contributed by atoms with Crippen molar-refractivity contribution in [3.63, 3.8) is 0 Å².